The Bertz CT molecular complexity index is 103. The fourth-order valence-electron chi connectivity index (χ4n) is 0.462. The van der Waals surface area contributed by atoms with Crippen LogP contribution < -0.4 is 0 Å². The van der Waals surface area contributed by atoms with Gasteiger partial charge in [-0.25, -0.2) is 0 Å². The molecule has 9 heavy (non-hydrogen) atoms. The molecule has 0 aliphatic carbocycles. The highest BCUT2D eigenvalue weighted by atomic mass is 16.4. The number of aliphatic carboxylic acids is 1. The van der Waals surface area contributed by atoms with E-state index in [-0.39, 0.29) is 6.04 Å². The van der Waals surface area contributed by atoms with E-state index >= 15 is 0 Å². The Kier molecular flexibility index (Phi) is 3.24. The molecule has 0 unspecified atom stereocenters. The predicted molar refractivity (Wildman–Crippen MR) is 35.4 cm³/mol. The van der Waals surface area contributed by atoms with E-state index in [1.54, 1.807) is 18.9 Å². The Balaban J connectivity index is 3.72. The lowest BCUT2D eigenvalue weighted by molar-refractivity contribution is -0.142. The minimum atomic E-state index is -0.764. The van der Waals surface area contributed by atoms with Crippen LogP contribution in [-0.2, 0) is 4.79 Å². The fourth-order valence-corrected chi connectivity index (χ4v) is 0.462. The number of rotatable bonds is 3. The van der Waals surface area contributed by atoms with Gasteiger partial charge < -0.3 is 5.11 Å². The third kappa shape index (κ3) is 2.46. The molecule has 0 saturated heterocycles. The normalized spacial score (nSPS) is 13.8. The van der Waals surface area contributed by atoms with Crippen molar-refractivity contribution in [3.05, 3.63) is 0 Å². The number of likely N-dealkylation sites (N-methyl/N-ethyl adjacent to an activating group) is 1. The maximum Gasteiger partial charge on any atom is 0.320 e. The highest BCUT2D eigenvalue weighted by Gasteiger charge is 2.13. The van der Waals surface area contributed by atoms with Gasteiger partial charge in [0.05, 0.1) is 0 Å². The smallest absolute Gasteiger partial charge is 0.320 e. The average Bonchev–Trinajstić information content (AvgIpc) is 1.84. The fraction of sp³-hybridized carbons (Fsp3) is 0.833. The highest BCUT2D eigenvalue weighted by Crippen LogP contribution is 1.92. The van der Waals surface area contributed by atoms with Crippen molar-refractivity contribution in [2.24, 2.45) is 0 Å². The number of carbonyl (C=O) groups is 1. The first-order valence-corrected chi connectivity index (χ1v) is 3.02. The van der Waals surface area contributed by atoms with Crippen LogP contribution in [0.1, 0.15) is 13.8 Å². The summed E-state index contributed by atoms with van der Waals surface area (Å²) in [6, 6.07) is -0.366. The zero-order valence-corrected chi connectivity index (χ0v) is 6.09. The van der Waals surface area contributed by atoms with Gasteiger partial charge in [-0.3, -0.25) is 9.69 Å². The SMILES string of the molecule is CCN(C)[C@@H](C)C(=O)O. The summed E-state index contributed by atoms with van der Waals surface area (Å²) in [6.07, 6.45) is 0. The second kappa shape index (κ2) is 3.45. The van der Waals surface area contributed by atoms with Crippen LogP contribution in [0.2, 0.25) is 0 Å². The summed E-state index contributed by atoms with van der Waals surface area (Å²) in [5, 5.41) is 8.44. The summed E-state index contributed by atoms with van der Waals surface area (Å²) in [6.45, 7) is 4.37. The van der Waals surface area contributed by atoms with Gasteiger partial charge in [-0.05, 0) is 20.5 Å². The van der Waals surface area contributed by atoms with E-state index in [4.69, 9.17) is 5.11 Å². The number of carboxylic acid groups (broad SMARTS) is 1. The molecular formula is C6H13NO2. The summed E-state index contributed by atoms with van der Waals surface area (Å²) in [7, 11) is 1.79. The van der Waals surface area contributed by atoms with Gasteiger partial charge in [0, 0.05) is 0 Å². The predicted octanol–water partition coefficient (Wildman–Crippen LogP) is 0.411. The molecule has 0 fully saturated rings. The summed E-state index contributed by atoms with van der Waals surface area (Å²) >= 11 is 0. The minimum absolute atomic E-state index is 0.366. The van der Waals surface area contributed by atoms with E-state index in [1.165, 1.54) is 0 Å². The molecule has 3 heteroatoms. The van der Waals surface area contributed by atoms with Crippen LogP contribution in [0.5, 0.6) is 0 Å². The molecule has 54 valence electrons. The van der Waals surface area contributed by atoms with Gasteiger partial charge in [0.25, 0.3) is 0 Å². The monoisotopic (exact) mass is 131 g/mol. The molecule has 0 bridgehead atoms. The van der Waals surface area contributed by atoms with Crippen molar-refractivity contribution < 1.29 is 9.90 Å². The number of hydrogen-bond acceptors (Lipinski definition) is 2. The lowest BCUT2D eigenvalue weighted by atomic mass is 10.3. The van der Waals surface area contributed by atoms with Gasteiger partial charge in [0.1, 0.15) is 6.04 Å². The van der Waals surface area contributed by atoms with Crippen molar-refractivity contribution in [1.29, 1.82) is 0 Å². The summed E-state index contributed by atoms with van der Waals surface area (Å²) in [5.74, 6) is -0.764. The van der Waals surface area contributed by atoms with Crippen LogP contribution >= 0.6 is 0 Å². The molecule has 1 N–H and O–H groups in total. The van der Waals surface area contributed by atoms with Gasteiger partial charge in [0.2, 0.25) is 0 Å². The molecule has 0 aliphatic heterocycles. The minimum Gasteiger partial charge on any atom is -0.480 e. The van der Waals surface area contributed by atoms with Crippen molar-refractivity contribution in [3.8, 4) is 0 Å². The van der Waals surface area contributed by atoms with Gasteiger partial charge in [-0.15, -0.1) is 0 Å². The van der Waals surface area contributed by atoms with Gasteiger partial charge >= 0.3 is 5.97 Å². The Morgan fingerprint density at radius 2 is 2.22 bits per heavy atom. The molecule has 0 aliphatic rings. The van der Waals surface area contributed by atoms with Crippen LogP contribution in [0.3, 0.4) is 0 Å². The maximum absolute atomic E-state index is 10.3. The molecular weight excluding hydrogens is 118 g/mol. The van der Waals surface area contributed by atoms with Gasteiger partial charge in [-0.2, -0.15) is 0 Å². The van der Waals surface area contributed by atoms with Gasteiger partial charge in [0.15, 0.2) is 0 Å². The Morgan fingerprint density at radius 3 is 2.33 bits per heavy atom. The summed E-state index contributed by atoms with van der Waals surface area (Å²) in [4.78, 5) is 12.0. The standard InChI is InChI=1S/C6H13NO2/c1-4-7(3)5(2)6(8)9/h5H,4H2,1-3H3,(H,8,9)/t5-/m0/s1. The van der Waals surface area contributed by atoms with Crippen molar-refractivity contribution in [2.45, 2.75) is 19.9 Å². The Hall–Kier alpha value is -0.570. The molecule has 0 saturated carbocycles. The molecule has 0 spiro atoms. The third-order valence-electron chi connectivity index (χ3n) is 1.52. The Labute approximate surface area is 55.3 Å². The van der Waals surface area contributed by atoms with E-state index < -0.39 is 5.97 Å². The van der Waals surface area contributed by atoms with E-state index in [2.05, 4.69) is 0 Å². The van der Waals surface area contributed by atoms with Crippen molar-refractivity contribution >= 4 is 5.97 Å². The van der Waals surface area contributed by atoms with Gasteiger partial charge in [-0.1, -0.05) is 6.92 Å². The summed E-state index contributed by atoms with van der Waals surface area (Å²) < 4.78 is 0. The lowest BCUT2D eigenvalue weighted by Crippen LogP contribution is -2.35. The lowest BCUT2D eigenvalue weighted by Gasteiger charge is -2.17. The summed E-state index contributed by atoms with van der Waals surface area (Å²) in [5.41, 5.74) is 0. The second-order valence-corrected chi connectivity index (χ2v) is 2.09. The molecule has 0 aromatic carbocycles. The van der Waals surface area contributed by atoms with Crippen molar-refractivity contribution in [1.82, 2.24) is 4.90 Å². The van der Waals surface area contributed by atoms with E-state index in [0.717, 1.165) is 6.54 Å². The average molecular weight is 131 g/mol. The molecule has 0 aromatic heterocycles. The molecule has 0 radical (unpaired) electrons. The molecule has 3 nitrogen and oxygen atoms in total. The van der Waals surface area contributed by atoms with Crippen LogP contribution in [0.25, 0.3) is 0 Å². The first-order chi connectivity index (χ1) is 4.09. The quantitative estimate of drug-likeness (QED) is 0.603. The molecule has 0 aromatic rings. The topological polar surface area (TPSA) is 40.5 Å². The second-order valence-electron chi connectivity index (χ2n) is 2.09. The third-order valence-corrected chi connectivity index (χ3v) is 1.52. The number of nitrogens with zero attached hydrogens (tertiary/aromatic N) is 1. The number of carboxylic acids is 1. The van der Waals surface area contributed by atoms with E-state index in [0.29, 0.717) is 0 Å². The van der Waals surface area contributed by atoms with Crippen LogP contribution in [0, 0.1) is 0 Å². The first kappa shape index (κ1) is 8.43. The molecule has 0 rings (SSSR count). The molecule has 0 heterocycles. The van der Waals surface area contributed by atoms with Crippen LogP contribution in [-0.4, -0.2) is 35.6 Å². The van der Waals surface area contributed by atoms with E-state index in [9.17, 15) is 4.79 Å². The first-order valence-electron chi connectivity index (χ1n) is 3.02. The number of hydrogen-bond donors (Lipinski definition) is 1. The van der Waals surface area contributed by atoms with Crippen LogP contribution in [0.4, 0.5) is 0 Å². The van der Waals surface area contributed by atoms with E-state index in [1.807, 2.05) is 6.92 Å². The van der Waals surface area contributed by atoms with Crippen molar-refractivity contribution in [3.63, 3.8) is 0 Å². The molecule has 0 amide bonds. The van der Waals surface area contributed by atoms with Crippen LogP contribution in [0.15, 0.2) is 0 Å². The van der Waals surface area contributed by atoms with Crippen molar-refractivity contribution in [2.75, 3.05) is 13.6 Å². The zero-order valence-electron chi connectivity index (χ0n) is 6.09. The Morgan fingerprint density at radius 1 is 1.78 bits per heavy atom. The maximum atomic E-state index is 10.3. The highest BCUT2D eigenvalue weighted by molar-refractivity contribution is 5.72. The zero-order chi connectivity index (χ0) is 7.44. The molecule has 1 atom stereocenters. The largest absolute Gasteiger partial charge is 0.480 e.